The van der Waals surface area contributed by atoms with Gasteiger partial charge in [-0.05, 0) is 100 Å². The fourth-order valence-electron chi connectivity index (χ4n) is 5.48. The van der Waals surface area contributed by atoms with Crippen LogP contribution in [-0.2, 0) is 9.53 Å². The van der Waals surface area contributed by atoms with E-state index in [0.29, 0.717) is 55.2 Å². The van der Waals surface area contributed by atoms with Crippen molar-refractivity contribution >= 4 is 23.3 Å². The van der Waals surface area contributed by atoms with E-state index in [1.165, 1.54) is 11.1 Å². The van der Waals surface area contributed by atoms with Crippen LogP contribution >= 0.6 is 0 Å². The van der Waals surface area contributed by atoms with Crippen LogP contribution in [0.5, 0.6) is 0 Å². The number of nitrogens with one attached hydrogen (secondary N) is 2. The lowest BCUT2D eigenvalue weighted by atomic mass is 9.87. The van der Waals surface area contributed by atoms with Crippen LogP contribution in [0.2, 0.25) is 0 Å². The molecule has 212 valence electrons. The molecule has 7 nitrogen and oxygen atoms in total. The first-order valence-corrected chi connectivity index (χ1v) is 14.3. The second-order valence-electron chi connectivity index (χ2n) is 10.5. The van der Waals surface area contributed by atoms with Gasteiger partial charge in [-0.3, -0.25) is 14.4 Å². The Morgan fingerprint density at radius 3 is 2.50 bits per heavy atom. The number of furan rings is 1. The summed E-state index contributed by atoms with van der Waals surface area (Å²) in [4.78, 5) is 37.7. The van der Waals surface area contributed by atoms with Crippen molar-refractivity contribution in [2.45, 2.75) is 77.7 Å². The molecule has 0 spiro atoms. The normalized spacial score (nSPS) is 17.2. The van der Waals surface area contributed by atoms with Gasteiger partial charge in [0, 0.05) is 30.1 Å². The highest BCUT2D eigenvalue weighted by Crippen LogP contribution is 2.36. The Morgan fingerprint density at radius 2 is 1.75 bits per heavy atom. The van der Waals surface area contributed by atoms with Crippen LogP contribution in [0.3, 0.4) is 0 Å². The van der Waals surface area contributed by atoms with Crippen molar-refractivity contribution in [2.24, 2.45) is 0 Å². The smallest absolute Gasteiger partial charge is 0.305 e. The second-order valence-corrected chi connectivity index (χ2v) is 10.5. The second kappa shape index (κ2) is 14.1. The largest absolute Gasteiger partial charge is 0.466 e. The highest BCUT2D eigenvalue weighted by molar-refractivity contribution is 6.04. The Bertz CT molecular complexity index is 1330. The van der Waals surface area contributed by atoms with E-state index < -0.39 is 0 Å². The number of aryl methyl sites for hydroxylation is 2. The van der Waals surface area contributed by atoms with Gasteiger partial charge in [0.2, 0.25) is 0 Å². The number of carbonyl (C=O) groups is 3. The number of rotatable bonds is 11. The number of carbonyl (C=O) groups excluding carboxylic acids is 3. The Hall–Kier alpha value is -3.71. The van der Waals surface area contributed by atoms with E-state index in [0.717, 1.165) is 31.4 Å². The van der Waals surface area contributed by atoms with Gasteiger partial charge in [0.15, 0.2) is 11.5 Å². The predicted octanol–water partition coefficient (Wildman–Crippen LogP) is 7.05. The molecule has 7 heteroatoms. The summed E-state index contributed by atoms with van der Waals surface area (Å²) >= 11 is 0. The number of benzene rings is 2. The molecule has 1 amide bonds. The summed E-state index contributed by atoms with van der Waals surface area (Å²) < 4.78 is 10.5. The summed E-state index contributed by atoms with van der Waals surface area (Å²) in [5.74, 6) is 0.752. The standard InChI is InChI=1S/C33H40N2O5/c1-4-39-32(37)12-8-7-11-30(36)25-14-16-27(29(21-25)35-33(38)31-18-13-23(3)40-31)28-17-15-24(19-20-34-28)26-10-6-5-9-22(26)2/h5-6,9-10,13-14,16,18,21,24,28,34H,4,7-8,11-12,15,17,19-20H2,1-3H3,(H,35,38). The summed E-state index contributed by atoms with van der Waals surface area (Å²) in [5.41, 5.74) is 4.83. The SMILES string of the molecule is CCOC(=O)CCCCC(=O)c1ccc(C2CCC(c3ccccc3C)CCN2)c(NC(=O)c2ccc(C)o2)c1. The molecule has 1 aliphatic heterocycles. The lowest BCUT2D eigenvalue weighted by molar-refractivity contribution is -0.143. The van der Waals surface area contributed by atoms with Crippen molar-refractivity contribution in [2.75, 3.05) is 18.5 Å². The zero-order valence-electron chi connectivity index (χ0n) is 23.8. The maximum absolute atomic E-state index is 13.1. The number of anilines is 1. The third-order valence-electron chi connectivity index (χ3n) is 7.62. The quantitative estimate of drug-likeness (QED) is 0.152. The minimum atomic E-state index is -0.347. The van der Waals surface area contributed by atoms with Crippen molar-refractivity contribution in [1.82, 2.24) is 5.32 Å². The first kappa shape index (κ1) is 29.3. The Balaban J connectivity index is 1.51. The topological polar surface area (TPSA) is 97.6 Å². The number of hydrogen-bond acceptors (Lipinski definition) is 6. The molecule has 0 aliphatic carbocycles. The molecule has 2 unspecified atom stereocenters. The van der Waals surface area contributed by atoms with Crippen molar-refractivity contribution in [3.63, 3.8) is 0 Å². The summed E-state index contributed by atoms with van der Waals surface area (Å²) in [7, 11) is 0. The molecule has 3 aromatic rings. The van der Waals surface area contributed by atoms with Crippen molar-refractivity contribution in [3.8, 4) is 0 Å². The van der Waals surface area contributed by atoms with Gasteiger partial charge in [0.25, 0.3) is 5.91 Å². The average molecular weight is 545 g/mol. The zero-order chi connectivity index (χ0) is 28.5. The van der Waals surface area contributed by atoms with Gasteiger partial charge in [0.05, 0.1) is 6.61 Å². The highest BCUT2D eigenvalue weighted by Gasteiger charge is 2.25. The molecule has 0 bridgehead atoms. The van der Waals surface area contributed by atoms with Crippen LogP contribution in [0.1, 0.15) is 107 Å². The van der Waals surface area contributed by atoms with Gasteiger partial charge >= 0.3 is 5.97 Å². The number of hydrogen-bond donors (Lipinski definition) is 2. The van der Waals surface area contributed by atoms with Gasteiger partial charge in [-0.25, -0.2) is 0 Å². The lowest BCUT2D eigenvalue weighted by Gasteiger charge is -2.21. The Labute approximate surface area is 236 Å². The summed E-state index contributed by atoms with van der Waals surface area (Å²) in [5, 5.41) is 6.70. The Kier molecular flexibility index (Phi) is 10.3. The van der Waals surface area contributed by atoms with Gasteiger partial charge in [0.1, 0.15) is 5.76 Å². The van der Waals surface area contributed by atoms with Crippen molar-refractivity contribution < 1.29 is 23.5 Å². The minimum absolute atomic E-state index is 0.0202. The molecule has 2 heterocycles. The molecule has 40 heavy (non-hydrogen) atoms. The highest BCUT2D eigenvalue weighted by atomic mass is 16.5. The monoisotopic (exact) mass is 544 g/mol. The van der Waals surface area contributed by atoms with E-state index in [9.17, 15) is 14.4 Å². The van der Waals surface area contributed by atoms with Crippen molar-refractivity contribution in [1.29, 1.82) is 0 Å². The summed E-state index contributed by atoms with van der Waals surface area (Å²) in [6.45, 7) is 6.96. The van der Waals surface area contributed by atoms with E-state index in [4.69, 9.17) is 9.15 Å². The molecular weight excluding hydrogens is 504 g/mol. The van der Waals surface area contributed by atoms with Crippen LogP contribution in [-0.4, -0.2) is 30.8 Å². The number of unbranched alkanes of at least 4 members (excludes halogenated alkanes) is 1. The molecule has 1 aliphatic rings. The third-order valence-corrected chi connectivity index (χ3v) is 7.62. The van der Waals surface area contributed by atoms with Crippen LogP contribution in [0.25, 0.3) is 0 Å². The van der Waals surface area contributed by atoms with E-state index >= 15 is 0 Å². The average Bonchev–Trinajstić information content (AvgIpc) is 3.24. The molecule has 2 aromatic carbocycles. The van der Waals surface area contributed by atoms with Crippen molar-refractivity contribution in [3.05, 3.63) is 88.4 Å². The summed E-state index contributed by atoms with van der Waals surface area (Å²) in [6, 6.07) is 17.6. The number of esters is 1. The van der Waals surface area contributed by atoms with Gasteiger partial charge in [-0.2, -0.15) is 0 Å². The third kappa shape index (κ3) is 7.69. The lowest BCUT2D eigenvalue weighted by Crippen LogP contribution is -2.23. The molecule has 1 fully saturated rings. The van der Waals surface area contributed by atoms with Crippen LogP contribution in [0.4, 0.5) is 5.69 Å². The van der Waals surface area contributed by atoms with Gasteiger partial charge < -0.3 is 19.8 Å². The fraction of sp³-hybridized carbons (Fsp3) is 0.424. The molecule has 0 radical (unpaired) electrons. The van der Waals surface area contributed by atoms with Crippen LogP contribution in [0.15, 0.2) is 59.0 Å². The van der Waals surface area contributed by atoms with E-state index in [1.54, 1.807) is 32.0 Å². The predicted molar refractivity (Wildman–Crippen MR) is 156 cm³/mol. The van der Waals surface area contributed by atoms with Crippen LogP contribution in [0, 0.1) is 13.8 Å². The number of ether oxygens (including phenoxy) is 1. The maximum Gasteiger partial charge on any atom is 0.305 e. The molecule has 0 saturated carbocycles. The number of amides is 1. The number of Topliss-reactive ketones (excluding diaryl/α,β-unsaturated/α-hetero) is 1. The molecule has 1 aromatic heterocycles. The molecule has 4 rings (SSSR count). The fourth-order valence-corrected chi connectivity index (χ4v) is 5.48. The van der Waals surface area contributed by atoms with E-state index in [2.05, 4.69) is 41.8 Å². The minimum Gasteiger partial charge on any atom is -0.466 e. The van der Waals surface area contributed by atoms with Gasteiger partial charge in [-0.1, -0.05) is 36.4 Å². The van der Waals surface area contributed by atoms with E-state index in [-0.39, 0.29) is 29.5 Å². The first-order chi connectivity index (χ1) is 19.4. The number of ketones is 1. The molecular formula is C33H40N2O5. The molecule has 2 atom stereocenters. The van der Waals surface area contributed by atoms with E-state index in [1.807, 2.05) is 12.1 Å². The maximum atomic E-state index is 13.1. The summed E-state index contributed by atoms with van der Waals surface area (Å²) in [6.07, 6.45) is 4.79. The van der Waals surface area contributed by atoms with Crippen LogP contribution < -0.4 is 10.6 Å². The molecule has 1 saturated heterocycles. The first-order valence-electron chi connectivity index (χ1n) is 14.3. The zero-order valence-corrected chi connectivity index (χ0v) is 23.8. The Morgan fingerprint density at radius 1 is 0.950 bits per heavy atom. The molecule has 2 N–H and O–H groups in total. The van der Waals surface area contributed by atoms with Gasteiger partial charge in [-0.15, -0.1) is 0 Å².